The van der Waals surface area contributed by atoms with Gasteiger partial charge in [0.05, 0.1) is 26.2 Å². The minimum Gasteiger partial charge on any atom is -0.369 e. The van der Waals surface area contributed by atoms with Gasteiger partial charge in [-0.2, -0.15) is 0 Å². The third-order valence-electron chi connectivity index (χ3n) is 4.88. The molecule has 0 bridgehead atoms. The molecule has 0 saturated heterocycles. The number of likely N-dealkylation sites (N-methyl/N-ethyl adjacent to an activating group) is 2. The minimum atomic E-state index is 0.790. The van der Waals surface area contributed by atoms with Crippen molar-refractivity contribution < 1.29 is 4.48 Å². The third kappa shape index (κ3) is 4.98. The van der Waals surface area contributed by atoms with Gasteiger partial charge in [0, 0.05) is 23.3 Å². The average Bonchev–Trinajstić information content (AvgIpc) is 2.60. The molecule has 0 radical (unpaired) electrons. The normalized spacial score (nSPS) is 11.5. The van der Waals surface area contributed by atoms with Crippen LogP contribution in [0.15, 0.2) is 54.6 Å². The molecule has 0 aromatic heterocycles. The number of nitrogens with zero attached hydrogens (tertiary/aromatic N) is 2. The predicted octanol–water partition coefficient (Wildman–Crippen LogP) is 4.83. The molecule has 0 aliphatic carbocycles. The lowest BCUT2D eigenvalue weighted by Gasteiger charge is -2.38. The Bertz CT molecular complexity index is 576. The van der Waals surface area contributed by atoms with Crippen LogP contribution in [0.2, 0.25) is 5.02 Å². The standard InChI is InChI=1S/C20H28ClN2/c1-4-23(5-2,17-18-9-7-6-8-10-18)16-15-22(3)20-13-11-19(21)12-14-20/h6-14H,4-5,15-17H2,1-3H3/q+1. The highest BCUT2D eigenvalue weighted by atomic mass is 35.5. The van der Waals surface area contributed by atoms with Crippen LogP contribution in [0.1, 0.15) is 19.4 Å². The number of hydrogen-bond donors (Lipinski definition) is 0. The molecule has 0 atom stereocenters. The largest absolute Gasteiger partial charge is 0.369 e. The van der Waals surface area contributed by atoms with Crippen LogP contribution in [0.5, 0.6) is 0 Å². The molecular formula is C20H28ClN2+. The second-order valence-electron chi connectivity index (χ2n) is 6.24. The lowest BCUT2D eigenvalue weighted by atomic mass is 10.1. The highest BCUT2D eigenvalue weighted by Gasteiger charge is 2.24. The molecule has 23 heavy (non-hydrogen) atoms. The second-order valence-corrected chi connectivity index (χ2v) is 6.68. The molecule has 2 rings (SSSR count). The summed E-state index contributed by atoms with van der Waals surface area (Å²) in [5.74, 6) is 0. The van der Waals surface area contributed by atoms with Gasteiger partial charge in [-0.3, -0.25) is 0 Å². The van der Waals surface area contributed by atoms with E-state index in [4.69, 9.17) is 11.6 Å². The van der Waals surface area contributed by atoms with Crippen molar-refractivity contribution in [3.8, 4) is 0 Å². The van der Waals surface area contributed by atoms with Crippen LogP contribution >= 0.6 is 11.6 Å². The fourth-order valence-electron chi connectivity index (χ4n) is 3.00. The predicted molar refractivity (Wildman–Crippen MR) is 101 cm³/mol. The maximum absolute atomic E-state index is 5.98. The van der Waals surface area contributed by atoms with Gasteiger partial charge in [0.1, 0.15) is 6.54 Å². The van der Waals surface area contributed by atoms with Crippen molar-refractivity contribution >= 4 is 17.3 Å². The fourth-order valence-corrected chi connectivity index (χ4v) is 3.13. The Morgan fingerprint density at radius 1 is 0.913 bits per heavy atom. The van der Waals surface area contributed by atoms with E-state index in [-0.39, 0.29) is 0 Å². The van der Waals surface area contributed by atoms with Crippen LogP contribution in [0.25, 0.3) is 0 Å². The monoisotopic (exact) mass is 331 g/mol. The molecule has 0 aliphatic heterocycles. The first-order valence-electron chi connectivity index (χ1n) is 8.44. The first-order chi connectivity index (χ1) is 11.1. The summed E-state index contributed by atoms with van der Waals surface area (Å²) < 4.78 is 1.11. The molecule has 3 heteroatoms. The molecule has 0 spiro atoms. The number of halogens is 1. The summed E-state index contributed by atoms with van der Waals surface area (Å²) in [6.07, 6.45) is 0. The second kappa shape index (κ2) is 8.37. The Kier molecular flexibility index (Phi) is 6.49. The molecule has 2 nitrogen and oxygen atoms in total. The van der Waals surface area contributed by atoms with Gasteiger partial charge in [0.2, 0.25) is 0 Å². The number of benzene rings is 2. The van der Waals surface area contributed by atoms with Crippen LogP contribution in [-0.2, 0) is 6.54 Å². The Balaban J connectivity index is 2.02. The van der Waals surface area contributed by atoms with E-state index in [1.807, 2.05) is 12.1 Å². The molecule has 2 aromatic carbocycles. The molecule has 2 aromatic rings. The topological polar surface area (TPSA) is 3.24 Å². The molecule has 0 fully saturated rings. The number of rotatable bonds is 8. The van der Waals surface area contributed by atoms with E-state index in [2.05, 4.69) is 68.3 Å². The highest BCUT2D eigenvalue weighted by Crippen LogP contribution is 2.19. The average molecular weight is 332 g/mol. The zero-order chi connectivity index (χ0) is 16.7. The van der Waals surface area contributed by atoms with Gasteiger partial charge in [-0.25, -0.2) is 0 Å². The Morgan fingerprint density at radius 3 is 2.09 bits per heavy atom. The Morgan fingerprint density at radius 2 is 1.52 bits per heavy atom. The van der Waals surface area contributed by atoms with E-state index in [1.54, 1.807) is 0 Å². The quantitative estimate of drug-likeness (QED) is 0.626. The zero-order valence-electron chi connectivity index (χ0n) is 14.5. The van der Waals surface area contributed by atoms with Crippen LogP contribution in [0.3, 0.4) is 0 Å². The lowest BCUT2D eigenvalue weighted by Crippen LogP contribution is -2.50. The molecule has 0 unspecified atom stereocenters. The van der Waals surface area contributed by atoms with E-state index in [9.17, 15) is 0 Å². The highest BCUT2D eigenvalue weighted by molar-refractivity contribution is 6.30. The molecule has 0 saturated carbocycles. The molecule has 0 N–H and O–H groups in total. The number of hydrogen-bond acceptors (Lipinski definition) is 1. The lowest BCUT2D eigenvalue weighted by molar-refractivity contribution is -0.936. The zero-order valence-corrected chi connectivity index (χ0v) is 15.3. The smallest absolute Gasteiger partial charge is 0.104 e. The van der Waals surface area contributed by atoms with Gasteiger partial charge in [0.25, 0.3) is 0 Å². The van der Waals surface area contributed by atoms with Crippen molar-refractivity contribution in [2.45, 2.75) is 20.4 Å². The minimum absolute atomic E-state index is 0.790. The summed E-state index contributed by atoms with van der Waals surface area (Å²) >= 11 is 5.98. The molecular weight excluding hydrogens is 304 g/mol. The number of quaternary nitrogens is 1. The summed E-state index contributed by atoms with van der Waals surface area (Å²) in [5.41, 5.74) is 2.64. The van der Waals surface area contributed by atoms with Crippen LogP contribution < -0.4 is 4.90 Å². The molecule has 0 aliphatic rings. The molecule has 0 amide bonds. The van der Waals surface area contributed by atoms with E-state index in [0.29, 0.717) is 0 Å². The maximum atomic E-state index is 5.98. The van der Waals surface area contributed by atoms with Gasteiger partial charge < -0.3 is 9.38 Å². The van der Waals surface area contributed by atoms with Crippen molar-refractivity contribution in [2.24, 2.45) is 0 Å². The summed E-state index contributed by atoms with van der Waals surface area (Å²) in [7, 11) is 2.16. The first-order valence-corrected chi connectivity index (χ1v) is 8.82. The van der Waals surface area contributed by atoms with Crippen molar-refractivity contribution in [1.82, 2.24) is 0 Å². The summed E-state index contributed by atoms with van der Waals surface area (Å²) in [6.45, 7) is 10.2. The summed E-state index contributed by atoms with van der Waals surface area (Å²) in [5, 5.41) is 0.790. The van der Waals surface area contributed by atoms with E-state index < -0.39 is 0 Å². The third-order valence-corrected chi connectivity index (χ3v) is 5.13. The van der Waals surface area contributed by atoms with Crippen molar-refractivity contribution in [3.63, 3.8) is 0 Å². The fraction of sp³-hybridized carbons (Fsp3) is 0.400. The first kappa shape index (κ1) is 17.8. The number of anilines is 1. The van der Waals surface area contributed by atoms with Gasteiger partial charge in [-0.05, 0) is 38.1 Å². The van der Waals surface area contributed by atoms with Crippen molar-refractivity contribution in [2.75, 3.05) is 38.1 Å². The maximum Gasteiger partial charge on any atom is 0.104 e. The summed E-state index contributed by atoms with van der Waals surface area (Å²) in [6, 6.07) is 18.9. The van der Waals surface area contributed by atoms with Crippen molar-refractivity contribution in [1.29, 1.82) is 0 Å². The van der Waals surface area contributed by atoms with Gasteiger partial charge in [-0.1, -0.05) is 41.9 Å². The SMILES string of the molecule is CC[N+](CC)(CCN(C)c1ccc(Cl)cc1)Cc1ccccc1. The van der Waals surface area contributed by atoms with Crippen LogP contribution in [-0.4, -0.2) is 37.7 Å². The van der Waals surface area contributed by atoms with E-state index in [0.717, 1.165) is 42.2 Å². The van der Waals surface area contributed by atoms with E-state index >= 15 is 0 Å². The van der Waals surface area contributed by atoms with Gasteiger partial charge in [-0.15, -0.1) is 0 Å². The molecule has 0 heterocycles. The summed E-state index contributed by atoms with van der Waals surface area (Å²) in [4.78, 5) is 2.32. The van der Waals surface area contributed by atoms with Crippen LogP contribution in [0.4, 0.5) is 5.69 Å². The Labute approximate surface area is 145 Å². The van der Waals surface area contributed by atoms with Crippen LogP contribution in [0, 0.1) is 0 Å². The van der Waals surface area contributed by atoms with Gasteiger partial charge >= 0.3 is 0 Å². The molecule has 124 valence electrons. The van der Waals surface area contributed by atoms with E-state index in [1.165, 1.54) is 11.3 Å². The van der Waals surface area contributed by atoms with Gasteiger partial charge in [0.15, 0.2) is 0 Å². The Hall–Kier alpha value is -1.51. The van der Waals surface area contributed by atoms with Crippen molar-refractivity contribution in [3.05, 3.63) is 65.2 Å².